The number of nitrogens with zero attached hydrogens (tertiary/aromatic N) is 2. The van der Waals surface area contributed by atoms with Gasteiger partial charge in [-0.2, -0.15) is 0 Å². The summed E-state index contributed by atoms with van der Waals surface area (Å²) >= 11 is 5.97. The number of benzene rings is 2. The highest BCUT2D eigenvalue weighted by Gasteiger charge is 2.09. The lowest BCUT2D eigenvalue weighted by molar-refractivity contribution is 0.262. The Labute approximate surface area is 150 Å². The topological polar surface area (TPSA) is 76.1 Å². The Bertz CT molecular complexity index is 959. The SMILES string of the molecule is COc1ccc(Cl)cc1NC(=O)Nc1ccc2nc(C)c(C)nc2c1. The summed E-state index contributed by atoms with van der Waals surface area (Å²) in [7, 11) is 1.53. The number of ether oxygens (including phenoxy) is 1. The van der Waals surface area contributed by atoms with Gasteiger partial charge in [-0.25, -0.2) is 14.8 Å². The van der Waals surface area contributed by atoms with Crippen LogP contribution in [0.1, 0.15) is 11.4 Å². The molecule has 3 aromatic rings. The molecule has 7 heteroatoms. The predicted octanol–water partition coefficient (Wildman–Crippen LogP) is 4.55. The van der Waals surface area contributed by atoms with Crippen molar-refractivity contribution in [1.29, 1.82) is 0 Å². The van der Waals surface area contributed by atoms with E-state index < -0.39 is 6.03 Å². The Balaban J connectivity index is 1.80. The van der Waals surface area contributed by atoms with Crippen molar-refractivity contribution in [3.05, 3.63) is 52.8 Å². The fourth-order valence-electron chi connectivity index (χ4n) is 2.37. The van der Waals surface area contributed by atoms with E-state index in [1.165, 1.54) is 7.11 Å². The van der Waals surface area contributed by atoms with E-state index in [1.54, 1.807) is 30.3 Å². The normalized spacial score (nSPS) is 10.6. The minimum atomic E-state index is -0.406. The number of anilines is 2. The van der Waals surface area contributed by atoms with Crippen molar-refractivity contribution in [2.75, 3.05) is 17.7 Å². The highest BCUT2D eigenvalue weighted by Crippen LogP contribution is 2.28. The summed E-state index contributed by atoms with van der Waals surface area (Å²) in [4.78, 5) is 21.2. The van der Waals surface area contributed by atoms with E-state index in [0.717, 1.165) is 22.4 Å². The van der Waals surface area contributed by atoms with Gasteiger partial charge in [0.2, 0.25) is 0 Å². The summed E-state index contributed by atoms with van der Waals surface area (Å²) in [5.41, 5.74) is 4.35. The number of rotatable bonds is 3. The summed E-state index contributed by atoms with van der Waals surface area (Å²) in [5.74, 6) is 0.523. The van der Waals surface area contributed by atoms with Crippen LogP contribution in [0.25, 0.3) is 11.0 Å². The van der Waals surface area contributed by atoms with Gasteiger partial charge in [0.05, 0.1) is 35.2 Å². The van der Waals surface area contributed by atoms with Gasteiger partial charge in [-0.05, 0) is 50.2 Å². The molecule has 0 aliphatic heterocycles. The molecule has 0 spiro atoms. The highest BCUT2D eigenvalue weighted by molar-refractivity contribution is 6.31. The Kier molecular flexibility index (Phi) is 4.72. The first kappa shape index (κ1) is 17.0. The van der Waals surface area contributed by atoms with Gasteiger partial charge < -0.3 is 15.4 Å². The second kappa shape index (κ2) is 6.94. The van der Waals surface area contributed by atoms with Crippen LogP contribution in [0.3, 0.4) is 0 Å². The van der Waals surface area contributed by atoms with Gasteiger partial charge in [-0.3, -0.25) is 0 Å². The maximum Gasteiger partial charge on any atom is 0.323 e. The molecule has 3 rings (SSSR count). The van der Waals surface area contributed by atoms with E-state index in [-0.39, 0.29) is 0 Å². The smallest absolute Gasteiger partial charge is 0.323 e. The fraction of sp³-hybridized carbons (Fsp3) is 0.167. The van der Waals surface area contributed by atoms with Crippen LogP contribution < -0.4 is 15.4 Å². The molecule has 2 amide bonds. The van der Waals surface area contributed by atoms with Gasteiger partial charge in [0, 0.05) is 10.7 Å². The van der Waals surface area contributed by atoms with Crippen LogP contribution >= 0.6 is 11.6 Å². The number of fused-ring (bicyclic) bond motifs is 1. The molecular formula is C18H17ClN4O2. The lowest BCUT2D eigenvalue weighted by Crippen LogP contribution is -2.19. The molecule has 1 aromatic heterocycles. The molecule has 0 fully saturated rings. The van der Waals surface area contributed by atoms with Crippen molar-refractivity contribution in [2.24, 2.45) is 0 Å². The Hall–Kier alpha value is -2.86. The van der Waals surface area contributed by atoms with Gasteiger partial charge >= 0.3 is 6.03 Å². The van der Waals surface area contributed by atoms with Gasteiger partial charge in [0.1, 0.15) is 5.75 Å². The number of carbonyl (C=O) groups excluding carboxylic acids is 1. The summed E-state index contributed by atoms with van der Waals surface area (Å²) in [6.07, 6.45) is 0. The highest BCUT2D eigenvalue weighted by atomic mass is 35.5. The molecule has 0 saturated heterocycles. The van der Waals surface area contributed by atoms with Gasteiger partial charge in [-0.15, -0.1) is 0 Å². The zero-order valence-corrected chi connectivity index (χ0v) is 14.8. The van der Waals surface area contributed by atoms with E-state index >= 15 is 0 Å². The van der Waals surface area contributed by atoms with Crippen molar-refractivity contribution < 1.29 is 9.53 Å². The molecule has 2 N–H and O–H groups in total. The van der Waals surface area contributed by atoms with E-state index in [2.05, 4.69) is 20.6 Å². The predicted molar refractivity (Wildman–Crippen MR) is 99.7 cm³/mol. The molecular weight excluding hydrogens is 340 g/mol. The average molecular weight is 357 g/mol. The second-order valence-corrected chi connectivity index (χ2v) is 5.96. The van der Waals surface area contributed by atoms with E-state index in [9.17, 15) is 4.79 Å². The Morgan fingerprint density at radius 2 is 1.72 bits per heavy atom. The third kappa shape index (κ3) is 3.80. The largest absolute Gasteiger partial charge is 0.495 e. The number of hydrogen-bond donors (Lipinski definition) is 2. The molecule has 25 heavy (non-hydrogen) atoms. The number of carbonyl (C=O) groups is 1. The van der Waals surface area contributed by atoms with Crippen molar-refractivity contribution >= 4 is 40.0 Å². The number of aryl methyl sites for hydroxylation is 2. The molecule has 0 saturated carbocycles. The number of halogens is 1. The molecule has 0 unspecified atom stereocenters. The summed E-state index contributed by atoms with van der Waals surface area (Å²) in [6.45, 7) is 3.82. The van der Waals surface area contributed by atoms with Crippen LogP contribution in [0.15, 0.2) is 36.4 Å². The van der Waals surface area contributed by atoms with Crippen molar-refractivity contribution in [3.8, 4) is 5.75 Å². The minimum Gasteiger partial charge on any atom is -0.495 e. The molecule has 128 valence electrons. The first-order valence-corrected chi connectivity index (χ1v) is 8.00. The fourth-order valence-corrected chi connectivity index (χ4v) is 2.54. The van der Waals surface area contributed by atoms with Gasteiger partial charge in [0.15, 0.2) is 0 Å². The summed E-state index contributed by atoms with van der Waals surface area (Å²) in [6, 6.07) is 9.98. The molecule has 1 heterocycles. The third-order valence-electron chi connectivity index (χ3n) is 3.74. The van der Waals surface area contributed by atoms with Gasteiger partial charge in [-0.1, -0.05) is 11.6 Å². The number of nitrogens with one attached hydrogen (secondary N) is 2. The van der Waals surface area contributed by atoms with E-state index in [0.29, 0.717) is 22.1 Å². The molecule has 0 aliphatic rings. The van der Waals surface area contributed by atoms with Crippen molar-refractivity contribution in [3.63, 3.8) is 0 Å². The third-order valence-corrected chi connectivity index (χ3v) is 3.98. The van der Waals surface area contributed by atoms with Gasteiger partial charge in [0.25, 0.3) is 0 Å². The molecule has 6 nitrogen and oxygen atoms in total. The first-order chi connectivity index (χ1) is 12.0. The monoisotopic (exact) mass is 356 g/mol. The average Bonchev–Trinajstić information content (AvgIpc) is 2.56. The summed E-state index contributed by atoms with van der Waals surface area (Å²) in [5, 5.41) is 6.00. The van der Waals surface area contributed by atoms with Crippen LogP contribution in [-0.4, -0.2) is 23.1 Å². The van der Waals surface area contributed by atoms with Crippen LogP contribution in [0.5, 0.6) is 5.75 Å². The van der Waals surface area contributed by atoms with E-state index in [1.807, 2.05) is 19.9 Å². The number of hydrogen-bond acceptors (Lipinski definition) is 4. The van der Waals surface area contributed by atoms with Crippen LogP contribution in [-0.2, 0) is 0 Å². The lowest BCUT2D eigenvalue weighted by Gasteiger charge is -2.12. The Morgan fingerprint density at radius 3 is 2.44 bits per heavy atom. The Morgan fingerprint density at radius 1 is 1.00 bits per heavy atom. The number of aromatic nitrogens is 2. The first-order valence-electron chi connectivity index (χ1n) is 7.63. The van der Waals surface area contributed by atoms with Crippen LogP contribution in [0.4, 0.5) is 16.2 Å². The van der Waals surface area contributed by atoms with E-state index in [4.69, 9.17) is 16.3 Å². The minimum absolute atomic E-state index is 0.406. The van der Waals surface area contributed by atoms with Crippen LogP contribution in [0, 0.1) is 13.8 Å². The summed E-state index contributed by atoms with van der Waals surface area (Å²) < 4.78 is 5.21. The zero-order valence-electron chi connectivity index (χ0n) is 14.1. The molecule has 0 atom stereocenters. The molecule has 0 bridgehead atoms. The molecule has 0 aliphatic carbocycles. The van der Waals surface area contributed by atoms with Crippen molar-refractivity contribution in [1.82, 2.24) is 9.97 Å². The second-order valence-electron chi connectivity index (χ2n) is 5.52. The number of urea groups is 1. The van der Waals surface area contributed by atoms with Crippen molar-refractivity contribution in [2.45, 2.75) is 13.8 Å². The van der Waals surface area contributed by atoms with Crippen LogP contribution in [0.2, 0.25) is 5.02 Å². The standard InChI is InChI=1S/C18H17ClN4O2/c1-10-11(2)21-15-9-13(5-6-14(15)20-10)22-18(24)23-16-8-12(19)4-7-17(16)25-3/h4-9H,1-3H3,(H2,22,23,24). The quantitative estimate of drug-likeness (QED) is 0.721. The molecule has 0 radical (unpaired) electrons. The zero-order chi connectivity index (χ0) is 18.0. The number of amides is 2. The maximum absolute atomic E-state index is 12.3. The molecule has 2 aromatic carbocycles. The lowest BCUT2D eigenvalue weighted by atomic mass is 10.2. The maximum atomic E-state index is 12.3. The number of methoxy groups -OCH3 is 1.